The highest BCUT2D eigenvalue weighted by atomic mass is 32.1. The molecular weight excluding hydrogens is 322 g/mol. The van der Waals surface area contributed by atoms with Crippen LogP contribution < -0.4 is 4.74 Å². The van der Waals surface area contributed by atoms with Gasteiger partial charge < -0.3 is 9.84 Å². The van der Waals surface area contributed by atoms with Crippen molar-refractivity contribution in [1.82, 2.24) is 4.98 Å². The third-order valence-corrected chi connectivity index (χ3v) is 5.86. The van der Waals surface area contributed by atoms with Crippen LogP contribution in [0.1, 0.15) is 16.9 Å². The highest BCUT2D eigenvalue weighted by Gasteiger charge is 2.28. The Bertz CT molecular complexity index is 914. The van der Waals surface area contributed by atoms with Gasteiger partial charge in [0.05, 0.1) is 13.0 Å². The first-order valence-electron chi connectivity index (χ1n) is 7.94. The maximum atomic E-state index is 11.3. The van der Waals surface area contributed by atoms with Gasteiger partial charge in [0, 0.05) is 16.5 Å². The summed E-state index contributed by atoms with van der Waals surface area (Å²) in [6, 6.07) is 10.1. The van der Waals surface area contributed by atoms with Crippen LogP contribution in [0.2, 0.25) is 0 Å². The first-order chi connectivity index (χ1) is 11.7. The van der Waals surface area contributed by atoms with E-state index in [2.05, 4.69) is 17.1 Å². The summed E-state index contributed by atoms with van der Waals surface area (Å²) in [6.45, 7) is 0. The SMILES string of the molecule is COc1ccc(-c2ccnc3sc4c(c23)CCC(C(=O)O)C4)cc1. The van der Waals surface area contributed by atoms with Crippen LogP contribution in [-0.2, 0) is 17.6 Å². The number of hydrogen-bond acceptors (Lipinski definition) is 4. The summed E-state index contributed by atoms with van der Waals surface area (Å²) in [7, 11) is 1.66. The molecule has 1 atom stereocenters. The molecule has 1 N–H and O–H groups in total. The van der Waals surface area contributed by atoms with E-state index in [1.54, 1.807) is 18.4 Å². The Morgan fingerprint density at radius 2 is 2.08 bits per heavy atom. The zero-order valence-electron chi connectivity index (χ0n) is 13.3. The van der Waals surface area contributed by atoms with Gasteiger partial charge in [0.1, 0.15) is 10.6 Å². The smallest absolute Gasteiger partial charge is 0.306 e. The van der Waals surface area contributed by atoms with Gasteiger partial charge in [0.25, 0.3) is 0 Å². The number of nitrogens with zero attached hydrogens (tertiary/aromatic N) is 1. The van der Waals surface area contributed by atoms with Gasteiger partial charge in [-0.25, -0.2) is 4.98 Å². The lowest BCUT2D eigenvalue weighted by Crippen LogP contribution is -2.20. The number of carboxylic acid groups (broad SMARTS) is 1. The molecule has 122 valence electrons. The maximum Gasteiger partial charge on any atom is 0.306 e. The van der Waals surface area contributed by atoms with E-state index >= 15 is 0 Å². The van der Waals surface area contributed by atoms with Crippen LogP contribution in [0, 0.1) is 5.92 Å². The summed E-state index contributed by atoms with van der Waals surface area (Å²) in [5.41, 5.74) is 3.57. The number of carboxylic acids is 1. The number of thiophene rings is 1. The molecule has 1 aromatic carbocycles. The third kappa shape index (κ3) is 2.45. The first-order valence-corrected chi connectivity index (χ1v) is 8.75. The van der Waals surface area contributed by atoms with E-state index in [1.165, 1.54) is 15.8 Å². The minimum Gasteiger partial charge on any atom is -0.497 e. The number of aliphatic carboxylic acids is 1. The summed E-state index contributed by atoms with van der Waals surface area (Å²) in [5, 5.41) is 10.5. The molecule has 0 aliphatic heterocycles. The van der Waals surface area contributed by atoms with E-state index in [1.807, 2.05) is 24.4 Å². The molecule has 0 saturated heterocycles. The van der Waals surface area contributed by atoms with Crippen molar-refractivity contribution in [2.24, 2.45) is 5.92 Å². The van der Waals surface area contributed by atoms with E-state index in [4.69, 9.17) is 4.74 Å². The molecule has 24 heavy (non-hydrogen) atoms. The Balaban J connectivity index is 1.84. The van der Waals surface area contributed by atoms with Crippen LogP contribution >= 0.6 is 11.3 Å². The number of benzene rings is 1. The number of fused-ring (bicyclic) bond motifs is 3. The molecule has 0 radical (unpaired) electrons. The molecule has 1 unspecified atom stereocenters. The molecule has 0 bridgehead atoms. The fraction of sp³-hybridized carbons (Fsp3) is 0.263. The lowest BCUT2D eigenvalue weighted by Gasteiger charge is -2.18. The monoisotopic (exact) mass is 339 g/mol. The third-order valence-electron chi connectivity index (χ3n) is 4.70. The lowest BCUT2D eigenvalue weighted by atomic mass is 9.86. The molecule has 2 heterocycles. The largest absolute Gasteiger partial charge is 0.497 e. The van der Waals surface area contributed by atoms with Crippen molar-refractivity contribution in [2.45, 2.75) is 19.3 Å². The van der Waals surface area contributed by atoms with Gasteiger partial charge in [-0.2, -0.15) is 0 Å². The van der Waals surface area contributed by atoms with Gasteiger partial charge in [0.15, 0.2) is 0 Å². The van der Waals surface area contributed by atoms with Crippen LogP contribution in [0.25, 0.3) is 21.3 Å². The molecule has 4 rings (SSSR count). The first kappa shape index (κ1) is 15.1. The van der Waals surface area contributed by atoms with Crippen LogP contribution in [0.15, 0.2) is 36.5 Å². The van der Waals surface area contributed by atoms with Crippen molar-refractivity contribution in [3.8, 4) is 16.9 Å². The maximum absolute atomic E-state index is 11.3. The molecule has 0 amide bonds. The standard InChI is InChI=1S/C19H17NO3S/c1-23-13-5-2-11(3-6-13)14-8-9-20-18-17(14)15-7-4-12(19(21)22)10-16(15)24-18/h2-3,5-6,8-9,12H,4,7,10H2,1H3,(H,21,22). The minimum absolute atomic E-state index is 0.269. The number of aromatic nitrogens is 1. The summed E-state index contributed by atoms with van der Waals surface area (Å²) < 4.78 is 5.24. The van der Waals surface area contributed by atoms with Crippen molar-refractivity contribution in [3.63, 3.8) is 0 Å². The second kappa shape index (κ2) is 5.91. The normalized spacial score (nSPS) is 16.8. The van der Waals surface area contributed by atoms with Crippen LogP contribution in [0.3, 0.4) is 0 Å². The van der Waals surface area contributed by atoms with Gasteiger partial charge in [-0.3, -0.25) is 4.79 Å². The van der Waals surface area contributed by atoms with E-state index in [-0.39, 0.29) is 5.92 Å². The Labute approximate surface area is 143 Å². The molecule has 1 aliphatic rings. The van der Waals surface area contributed by atoms with Gasteiger partial charge in [0.2, 0.25) is 0 Å². The van der Waals surface area contributed by atoms with Crippen molar-refractivity contribution in [3.05, 3.63) is 47.0 Å². The number of methoxy groups -OCH3 is 1. The van der Waals surface area contributed by atoms with Crippen LogP contribution in [0.5, 0.6) is 5.75 Å². The van der Waals surface area contributed by atoms with E-state index in [0.29, 0.717) is 12.8 Å². The summed E-state index contributed by atoms with van der Waals surface area (Å²) >= 11 is 1.64. The van der Waals surface area contributed by atoms with Crippen molar-refractivity contribution >= 4 is 27.5 Å². The number of aryl methyl sites for hydroxylation is 1. The number of hydrogen-bond donors (Lipinski definition) is 1. The molecule has 3 aromatic rings. The fourth-order valence-electron chi connectivity index (χ4n) is 3.42. The van der Waals surface area contributed by atoms with Gasteiger partial charge in [-0.05, 0) is 54.2 Å². The zero-order chi connectivity index (χ0) is 16.7. The van der Waals surface area contributed by atoms with E-state index in [9.17, 15) is 9.90 Å². The van der Waals surface area contributed by atoms with E-state index in [0.717, 1.165) is 28.1 Å². The predicted octanol–water partition coefficient (Wildman–Crippen LogP) is 4.16. The Hall–Kier alpha value is -2.40. The molecule has 2 aromatic heterocycles. The van der Waals surface area contributed by atoms with E-state index < -0.39 is 5.97 Å². The second-order valence-electron chi connectivity index (χ2n) is 6.05. The van der Waals surface area contributed by atoms with Gasteiger partial charge in [-0.15, -0.1) is 11.3 Å². The van der Waals surface area contributed by atoms with Crippen LogP contribution in [0.4, 0.5) is 0 Å². The number of pyridine rings is 1. The van der Waals surface area contributed by atoms with Crippen molar-refractivity contribution in [2.75, 3.05) is 7.11 Å². The van der Waals surface area contributed by atoms with Crippen molar-refractivity contribution < 1.29 is 14.6 Å². The lowest BCUT2D eigenvalue weighted by molar-refractivity contribution is -0.142. The second-order valence-corrected chi connectivity index (χ2v) is 7.13. The van der Waals surface area contributed by atoms with Crippen molar-refractivity contribution in [1.29, 1.82) is 0 Å². The highest BCUT2D eigenvalue weighted by Crippen LogP contribution is 2.41. The van der Waals surface area contributed by atoms with Crippen LogP contribution in [-0.4, -0.2) is 23.2 Å². The summed E-state index contributed by atoms with van der Waals surface area (Å²) in [5.74, 6) is -0.128. The fourth-order valence-corrected chi connectivity index (χ4v) is 4.72. The predicted molar refractivity (Wildman–Crippen MR) is 94.8 cm³/mol. The molecule has 0 fully saturated rings. The van der Waals surface area contributed by atoms with Gasteiger partial charge >= 0.3 is 5.97 Å². The molecule has 5 heteroatoms. The highest BCUT2D eigenvalue weighted by molar-refractivity contribution is 7.19. The van der Waals surface area contributed by atoms with Gasteiger partial charge in [-0.1, -0.05) is 12.1 Å². The molecule has 4 nitrogen and oxygen atoms in total. The average Bonchev–Trinajstić information content (AvgIpc) is 2.99. The summed E-state index contributed by atoms with van der Waals surface area (Å²) in [4.78, 5) is 18.0. The molecular formula is C19H17NO3S. The average molecular weight is 339 g/mol. The Morgan fingerprint density at radius 3 is 2.79 bits per heavy atom. The molecule has 0 saturated carbocycles. The zero-order valence-corrected chi connectivity index (χ0v) is 14.1. The Morgan fingerprint density at radius 1 is 1.29 bits per heavy atom. The number of ether oxygens (including phenoxy) is 1. The number of carbonyl (C=O) groups is 1. The number of rotatable bonds is 3. The Kier molecular flexibility index (Phi) is 3.73. The minimum atomic E-state index is -0.693. The summed E-state index contributed by atoms with van der Waals surface area (Å²) in [6.07, 6.45) is 3.96. The molecule has 0 spiro atoms. The topological polar surface area (TPSA) is 59.4 Å². The molecule has 1 aliphatic carbocycles. The quantitative estimate of drug-likeness (QED) is 0.778.